The quantitative estimate of drug-likeness (QED) is 0.894. The van der Waals surface area contributed by atoms with E-state index in [1.807, 2.05) is 45.0 Å². The van der Waals surface area contributed by atoms with Crippen LogP contribution in [0, 0.1) is 12.8 Å². The van der Waals surface area contributed by atoms with E-state index in [1.165, 1.54) is 4.31 Å². The van der Waals surface area contributed by atoms with E-state index in [0.717, 1.165) is 11.1 Å². The van der Waals surface area contributed by atoms with Crippen LogP contribution in [0.3, 0.4) is 0 Å². The molecule has 1 saturated heterocycles. The molecule has 0 unspecified atom stereocenters. The van der Waals surface area contributed by atoms with Gasteiger partial charge in [-0.1, -0.05) is 29.8 Å². The lowest BCUT2D eigenvalue weighted by Gasteiger charge is -2.31. The van der Waals surface area contributed by atoms with Crippen LogP contribution >= 0.6 is 0 Å². The summed E-state index contributed by atoms with van der Waals surface area (Å²) in [4.78, 5) is 12.0. The number of sulfonamides is 1. The first kappa shape index (κ1) is 17.9. The Kier molecular flexibility index (Phi) is 5.81. The fourth-order valence-corrected chi connectivity index (χ4v) is 4.35. The highest BCUT2D eigenvalue weighted by molar-refractivity contribution is 7.88. The van der Waals surface area contributed by atoms with Crippen molar-refractivity contribution in [3.63, 3.8) is 0 Å². The van der Waals surface area contributed by atoms with Crippen molar-refractivity contribution in [2.75, 3.05) is 13.1 Å². The fraction of sp³-hybridized carbons (Fsp3) is 0.588. The highest BCUT2D eigenvalue weighted by Gasteiger charge is 2.31. The van der Waals surface area contributed by atoms with Gasteiger partial charge < -0.3 is 5.32 Å². The Hall–Kier alpha value is -1.40. The summed E-state index contributed by atoms with van der Waals surface area (Å²) in [5.41, 5.74) is 1.92. The van der Waals surface area contributed by atoms with E-state index in [-0.39, 0.29) is 23.6 Å². The molecule has 1 fully saturated rings. The van der Waals surface area contributed by atoms with E-state index in [4.69, 9.17) is 0 Å². The van der Waals surface area contributed by atoms with Crippen LogP contribution < -0.4 is 5.32 Å². The zero-order valence-electron chi connectivity index (χ0n) is 14.1. The molecule has 23 heavy (non-hydrogen) atoms. The Balaban J connectivity index is 1.93. The van der Waals surface area contributed by atoms with Crippen molar-refractivity contribution in [2.24, 2.45) is 5.92 Å². The third kappa shape index (κ3) is 5.04. The highest BCUT2D eigenvalue weighted by Crippen LogP contribution is 2.22. The molecule has 0 saturated carbocycles. The molecule has 5 nitrogen and oxygen atoms in total. The van der Waals surface area contributed by atoms with Crippen molar-refractivity contribution in [1.82, 2.24) is 9.62 Å². The van der Waals surface area contributed by atoms with Crippen LogP contribution in [-0.4, -0.2) is 37.8 Å². The number of hydrogen-bond donors (Lipinski definition) is 1. The molecule has 0 radical (unpaired) electrons. The first-order valence-corrected chi connectivity index (χ1v) is 9.72. The smallest absolute Gasteiger partial charge is 0.223 e. The third-order valence-corrected chi connectivity index (χ3v) is 5.97. The van der Waals surface area contributed by atoms with E-state index in [0.29, 0.717) is 25.9 Å². The van der Waals surface area contributed by atoms with E-state index >= 15 is 0 Å². The molecule has 1 aliphatic rings. The van der Waals surface area contributed by atoms with E-state index in [1.54, 1.807) is 0 Å². The molecule has 0 aromatic heterocycles. The maximum atomic E-state index is 12.5. The van der Waals surface area contributed by atoms with Gasteiger partial charge in [-0.25, -0.2) is 12.7 Å². The summed E-state index contributed by atoms with van der Waals surface area (Å²) in [5.74, 6) is -0.0188. The number of amides is 1. The molecule has 2 rings (SSSR count). The first-order chi connectivity index (χ1) is 10.8. The molecule has 1 amide bonds. The zero-order valence-corrected chi connectivity index (χ0v) is 14.9. The predicted octanol–water partition coefficient (Wildman–Crippen LogP) is 2.06. The summed E-state index contributed by atoms with van der Waals surface area (Å²) in [7, 11) is -3.32. The van der Waals surface area contributed by atoms with Crippen LogP contribution in [0.1, 0.15) is 37.8 Å². The number of carbonyl (C=O) groups excluding carboxylic acids is 1. The van der Waals surface area contributed by atoms with Crippen molar-refractivity contribution >= 4 is 15.9 Å². The van der Waals surface area contributed by atoms with Crippen molar-refractivity contribution in [3.05, 3.63) is 35.4 Å². The Morgan fingerprint density at radius 3 is 2.30 bits per heavy atom. The van der Waals surface area contributed by atoms with E-state index in [9.17, 15) is 13.2 Å². The lowest BCUT2D eigenvalue weighted by Crippen LogP contribution is -2.44. The minimum absolute atomic E-state index is 0.0239. The lowest BCUT2D eigenvalue weighted by molar-refractivity contribution is -0.126. The van der Waals surface area contributed by atoms with Crippen molar-refractivity contribution in [2.45, 2.75) is 45.4 Å². The summed E-state index contributed by atoms with van der Waals surface area (Å²) in [6.07, 6.45) is 1.18. The molecule has 1 heterocycles. The number of aryl methyl sites for hydroxylation is 1. The molecule has 128 valence electrons. The summed E-state index contributed by atoms with van der Waals surface area (Å²) >= 11 is 0. The van der Waals surface area contributed by atoms with Crippen LogP contribution in [0.4, 0.5) is 0 Å². The van der Waals surface area contributed by atoms with Crippen LogP contribution in [0.25, 0.3) is 0 Å². The van der Waals surface area contributed by atoms with Gasteiger partial charge in [0.1, 0.15) is 0 Å². The van der Waals surface area contributed by atoms with Crippen LogP contribution in [0.15, 0.2) is 24.3 Å². The molecule has 0 atom stereocenters. The lowest BCUT2D eigenvalue weighted by atomic mass is 9.97. The normalized spacial score (nSPS) is 17.4. The first-order valence-electron chi connectivity index (χ1n) is 8.11. The second-order valence-electron chi connectivity index (χ2n) is 6.58. The van der Waals surface area contributed by atoms with Gasteiger partial charge in [0.25, 0.3) is 0 Å². The number of carbonyl (C=O) groups is 1. The van der Waals surface area contributed by atoms with Crippen molar-refractivity contribution in [1.29, 1.82) is 0 Å². The molecule has 1 aromatic rings. The largest absolute Gasteiger partial charge is 0.354 e. The number of hydrogen-bond acceptors (Lipinski definition) is 3. The van der Waals surface area contributed by atoms with Crippen LogP contribution in [0.5, 0.6) is 0 Å². The molecule has 1 aliphatic heterocycles. The topological polar surface area (TPSA) is 66.5 Å². The number of benzene rings is 1. The second kappa shape index (κ2) is 7.45. The molecule has 1 aromatic carbocycles. The summed E-state index contributed by atoms with van der Waals surface area (Å²) in [5, 5.41) is 2.90. The molecule has 0 spiro atoms. The fourth-order valence-electron chi connectivity index (χ4n) is 2.78. The van der Waals surface area contributed by atoms with Crippen LogP contribution in [-0.2, 0) is 20.6 Å². The van der Waals surface area contributed by atoms with Gasteiger partial charge in [-0.15, -0.1) is 0 Å². The van der Waals surface area contributed by atoms with Crippen LogP contribution in [0.2, 0.25) is 0 Å². The summed E-state index contributed by atoms with van der Waals surface area (Å²) < 4.78 is 26.6. The third-order valence-electron chi connectivity index (χ3n) is 4.12. The molecule has 6 heteroatoms. The Bertz CT molecular complexity index is 630. The number of nitrogens with zero attached hydrogens (tertiary/aromatic N) is 1. The number of nitrogens with one attached hydrogen (secondary N) is 1. The van der Waals surface area contributed by atoms with E-state index in [2.05, 4.69) is 5.32 Å². The van der Waals surface area contributed by atoms with Gasteiger partial charge in [0, 0.05) is 25.0 Å². The van der Waals surface area contributed by atoms with Crippen molar-refractivity contribution in [3.8, 4) is 0 Å². The molecular weight excluding hydrogens is 312 g/mol. The van der Waals surface area contributed by atoms with Gasteiger partial charge in [0.05, 0.1) is 5.75 Å². The maximum absolute atomic E-state index is 12.5. The number of rotatable bonds is 5. The number of piperidine rings is 1. The predicted molar refractivity (Wildman–Crippen MR) is 91.4 cm³/mol. The summed E-state index contributed by atoms with van der Waals surface area (Å²) in [6, 6.07) is 7.68. The van der Waals surface area contributed by atoms with Gasteiger partial charge in [-0.2, -0.15) is 0 Å². The molecular formula is C17H26N2O3S. The molecule has 0 aliphatic carbocycles. The van der Waals surface area contributed by atoms with Gasteiger partial charge >= 0.3 is 0 Å². The average molecular weight is 338 g/mol. The molecule has 1 N–H and O–H groups in total. The molecule has 0 bridgehead atoms. The van der Waals surface area contributed by atoms with Gasteiger partial charge in [0.2, 0.25) is 15.9 Å². The van der Waals surface area contributed by atoms with Crippen molar-refractivity contribution < 1.29 is 13.2 Å². The summed E-state index contributed by atoms with van der Waals surface area (Å²) in [6.45, 7) is 6.68. The van der Waals surface area contributed by atoms with Gasteiger partial charge in [0.15, 0.2) is 0 Å². The van der Waals surface area contributed by atoms with Gasteiger partial charge in [-0.05, 0) is 39.2 Å². The monoisotopic (exact) mass is 338 g/mol. The standard InChI is InChI=1S/C17H26N2O3S/c1-13(2)18-17(20)16-8-10-19(11-9-16)23(21,22)12-15-6-4-14(3)5-7-15/h4-7,13,16H,8-12H2,1-3H3,(H,18,20). The van der Waals surface area contributed by atoms with Gasteiger partial charge in [-0.3, -0.25) is 4.79 Å². The van der Waals surface area contributed by atoms with E-state index < -0.39 is 10.0 Å². The minimum atomic E-state index is -3.32. The Morgan fingerprint density at radius 1 is 1.22 bits per heavy atom. The SMILES string of the molecule is Cc1ccc(CS(=O)(=O)N2CCC(C(=O)NC(C)C)CC2)cc1. The zero-order chi connectivity index (χ0) is 17.0. The maximum Gasteiger partial charge on any atom is 0.223 e. The minimum Gasteiger partial charge on any atom is -0.354 e. The Morgan fingerprint density at radius 2 is 1.78 bits per heavy atom. The highest BCUT2D eigenvalue weighted by atomic mass is 32.2. The average Bonchev–Trinajstić information content (AvgIpc) is 2.49. The second-order valence-corrected chi connectivity index (χ2v) is 8.55. The Labute approximate surface area is 139 Å².